The maximum Gasteiger partial charge on any atom is 0.146 e. The van der Waals surface area contributed by atoms with Gasteiger partial charge in [0.1, 0.15) is 17.2 Å². The van der Waals surface area contributed by atoms with E-state index in [2.05, 4.69) is 17.2 Å². The van der Waals surface area contributed by atoms with Gasteiger partial charge >= 0.3 is 0 Å². The van der Waals surface area contributed by atoms with Gasteiger partial charge in [0, 0.05) is 17.1 Å². The zero-order valence-electron chi connectivity index (χ0n) is 11.8. The molecule has 1 unspecified atom stereocenters. The summed E-state index contributed by atoms with van der Waals surface area (Å²) in [4.78, 5) is 3.81. The smallest absolute Gasteiger partial charge is 0.146 e. The van der Waals surface area contributed by atoms with Gasteiger partial charge in [-0.2, -0.15) is 0 Å². The number of para-hydroxylation sites is 1. The van der Waals surface area contributed by atoms with E-state index in [0.717, 1.165) is 29.7 Å². The van der Waals surface area contributed by atoms with Crippen LogP contribution in [0.15, 0.2) is 53.2 Å². The molecule has 2 heterocycles. The Morgan fingerprint density at radius 1 is 1.29 bits per heavy atom. The maximum absolute atomic E-state index is 14.1. The number of pyridine rings is 1. The Morgan fingerprint density at radius 2 is 2.14 bits per heavy atom. The Labute approximate surface area is 122 Å². The second-order valence-electron chi connectivity index (χ2n) is 4.97. The van der Waals surface area contributed by atoms with Crippen LogP contribution in [0.1, 0.15) is 30.7 Å². The molecule has 3 nitrogen and oxygen atoms in total. The third-order valence-electron chi connectivity index (χ3n) is 3.44. The van der Waals surface area contributed by atoms with Gasteiger partial charge in [-0.25, -0.2) is 4.39 Å². The van der Waals surface area contributed by atoms with Crippen molar-refractivity contribution >= 4 is 11.0 Å². The first kappa shape index (κ1) is 13.8. The van der Waals surface area contributed by atoms with Crippen LogP contribution in [-0.2, 0) is 0 Å². The van der Waals surface area contributed by atoms with E-state index in [1.165, 1.54) is 6.20 Å². The molecule has 0 amide bonds. The van der Waals surface area contributed by atoms with E-state index in [9.17, 15) is 4.39 Å². The second kappa shape index (κ2) is 6.06. The molecule has 0 radical (unpaired) electrons. The van der Waals surface area contributed by atoms with Crippen molar-refractivity contribution in [2.24, 2.45) is 0 Å². The molecule has 1 aromatic carbocycles. The minimum Gasteiger partial charge on any atom is -0.459 e. The lowest BCUT2D eigenvalue weighted by Crippen LogP contribution is -2.23. The zero-order valence-corrected chi connectivity index (χ0v) is 11.8. The largest absolute Gasteiger partial charge is 0.459 e. The number of nitrogens with one attached hydrogen (secondary N) is 1. The van der Waals surface area contributed by atoms with Crippen LogP contribution in [-0.4, -0.2) is 11.5 Å². The zero-order chi connectivity index (χ0) is 14.7. The summed E-state index contributed by atoms with van der Waals surface area (Å²) in [5.74, 6) is 0.390. The molecular formula is C17H17FN2O. The average Bonchev–Trinajstić information content (AvgIpc) is 2.93. The van der Waals surface area contributed by atoms with Crippen LogP contribution in [0, 0.1) is 5.82 Å². The second-order valence-corrected chi connectivity index (χ2v) is 4.97. The molecule has 0 fully saturated rings. The molecule has 0 saturated heterocycles. The van der Waals surface area contributed by atoms with Gasteiger partial charge in [0.05, 0.1) is 12.2 Å². The quantitative estimate of drug-likeness (QED) is 0.768. The summed E-state index contributed by atoms with van der Waals surface area (Å²) in [5.41, 5.74) is 1.36. The highest BCUT2D eigenvalue weighted by molar-refractivity contribution is 5.77. The van der Waals surface area contributed by atoms with E-state index >= 15 is 0 Å². The minimum atomic E-state index is -0.327. The summed E-state index contributed by atoms with van der Waals surface area (Å²) < 4.78 is 20.0. The first-order chi connectivity index (χ1) is 10.3. The normalized spacial score (nSPS) is 12.7. The van der Waals surface area contributed by atoms with Gasteiger partial charge in [0.25, 0.3) is 0 Å². The van der Waals surface area contributed by atoms with Crippen molar-refractivity contribution in [1.29, 1.82) is 0 Å². The third-order valence-corrected chi connectivity index (χ3v) is 3.44. The van der Waals surface area contributed by atoms with Crippen molar-refractivity contribution in [2.75, 3.05) is 6.54 Å². The van der Waals surface area contributed by atoms with Crippen molar-refractivity contribution < 1.29 is 8.81 Å². The van der Waals surface area contributed by atoms with Gasteiger partial charge in [-0.1, -0.05) is 25.1 Å². The van der Waals surface area contributed by atoms with E-state index in [0.29, 0.717) is 5.56 Å². The summed E-state index contributed by atoms with van der Waals surface area (Å²) in [5, 5.41) is 4.36. The number of nitrogens with zero attached hydrogens (tertiary/aromatic N) is 1. The van der Waals surface area contributed by atoms with E-state index in [1.54, 1.807) is 12.3 Å². The van der Waals surface area contributed by atoms with Gasteiger partial charge in [0.2, 0.25) is 0 Å². The molecule has 0 saturated carbocycles. The van der Waals surface area contributed by atoms with Crippen LogP contribution in [0.5, 0.6) is 0 Å². The Kier molecular flexibility index (Phi) is 3.97. The maximum atomic E-state index is 14.1. The molecule has 0 aliphatic heterocycles. The Bertz CT molecular complexity index is 705. The topological polar surface area (TPSA) is 38.1 Å². The molecule has 0 bridgehead atoms. The van der Waals surface area contributed by atoms with Crippen LogP contribution in [0.4, 0.5) is 4.39 Å². The summed E-state index contributed by atoms with van der Waals surface area (Å²) in [6, 6.07) is 11.1. The molecule has 3 rings (SSSR count). The number of furan rings is 1. The van der Waals surface area contributed by atoms with Crippen molar-refractivity contribution in [3.8, 4) is 0 Å². The standard InChI is InChI=1S/C17H17FN2O/c1-2-8-20-17(13-7-9-19-11-14(13)18)16-10-12-5-3-4-6-15(12)21-16/h3-7,9-11,17,20H,2,8H2,1H3. The van der Waals surface area contributed by atoms with E-state index in [1.807, 2.05) is 30.3 Å². The van der Waals surface area contributed by atoms with Gasteiger partial charge < -0.3 is 9.73 Å². The van der Waals surface area contributed by atoms with Gasteiger partial charge in [-0.05, 0) is 31.2 Å². The Balaban J connectivity index is 2.04. The van der Waals surface area contributed by atoms with Crippen molar-refractivity contribution in [3.05, 3.63) is 65.9 Å². The van der Waals surface area contributed by atoms with Crippen LogP contribution < -0.4 is 5.32 Å². The number of fused-ring (bicyclic) bond motifs is 1. The van der Waals surface area contributed by atoms with Crippen molar-refractivity contribution in [3.63, 3.8) is 0 Å². The predicted molar refractivity (Wildman–Crippen MR) is 80.5 cm³/mol. The highest BCUT2D eigenvalue weighted by Gasteiger charge is 2.21. The predicted octanol–water partition coefficient (Wildman–Crippen LogP) is 4.06. The molecule has 21 heavy (non-hydrogen) atoms. The molecular weight excluding hydrogens is 267 g/mol. The molecule has 0 aliphatic rings. The third kappa shape index (κ3) is 2.81. The minimum absolute atomic E-state index is 0.305. The first-order valence-electron chi connectivity index (χ1n) is 7.11. The number of hydrogen-bond donors (Lipinski definition) is 1. The summed E-state index contributed by atoms with van der Waals surface area (Å²) in [6.07, 6.45) is 3.80. The molecule has 1 atom stereocenters. The lowest BCUT2D eigenvalue weighted by Gasteiger charge is -2.17. The number of benzene rings is 1. The van der Waals surface area contributed by atoms with Crippen LogP contribution >= 0.6 is 0 Å². The van der Waals surface area contributed by atoms with Crippen LogP contribution in [0.3, 0.4) is 0 Å². The van der Waals surface area contributed by atoms with Crippen molar-refractivity contribution in [2.45, 2.75) is 19.4 Å². The number of halogens is 1. The van der Waals surface area contributed by atoms with Crippen molar-refractivity contribution in [1.82, 2.24) is 10.3 Å². The van der Waals surface area contributed by atoms with E-state index in [-0.39, 0.29) is 11.9 Å². The number of aromatic nitrogens is 1. The SMILES string of the molecule is CCCNC(c1cc2ccccc2o1)c1ccncc1F. The van der Waals surface area contributed by atoms with Crippen LogP contribution in [0.2, 0.25) is 0 Å². The monoisotopic (exact) mass is 284 g/mol. The lowest BCUT2D eigenvalue weighted by atomic mass is 10.0. The summed E-state index contributed by atoms with van der Waals surface area (Å²) in [6.45, 7) is 2.86. The Morgan fingerprint density at radius 3 is 2.90 bits per heavy atom. The van der Waals surface area contributed by atoms with Gasteiger partial charge in [-0.3, -0.25) is 4.98 Å². The highest BCUT2D eigenvalue weighted by Crippen LogP contribution is 2.29. The fourth-order valence-corrected chi connectivity index (χ4v) is 2.42. The fourth-order valence-electron chi connectivity index (χ4n) is 2.42. The molecule has 1 N–H and O–H groups in total. The molecule has 0 aliphatic carbocycles. The molecule has 3 aromatic rings. The van der Waals surface area contributed by atoms with Gasteiger partial charge in [-0.15, -0.1) is 0 Å². The average molecular weight is 284 g/mol. The summed E-state index contributed by atoms with van der Waals surface area (Å²) in [7, 11) is 0. The fraction of sp³-hybridized carbons (Fsp3) is 0.235. The highest BCUT2D eigenvalue weighted by atomic mass is 19.1. The lowest BCUT2D eigenvalue weighted by molar-refractivity contribution is 0.455. The first-order valence-corrected chi connectivity index (χ1v) is 7.11. The molecule has 108 valence electrons. The van der Waals surface area contributed by atoms with E-state index < -0.39 is 0 Å². The van der Waals surface area contributed by atoms with Gasteiger partial charge in [0.15, 0.2) is 0 Å². The molecule has 4 heteroatoms. The number of rotatable bonds is 5. The molecule has 0 spiro atoms. The van der Waals surface area contributed by atoms with Crippen LogP contribution in [0.25, 0.3) is 11.0 Å². The summed E-state index contributed by atoms with van der Waals surface area (Å²) >= 11 is 0. The van der Waals surface area contributed by atoms with E-state index in [4.69, 9.17) is 4.42 Å². The number of hydrogen-bond acceptors (Lipinski definition) is 3. The Hall–Kier alpha value is -2.20. The molecule has 2 aromatic heterocycles.